The minimum Gasteiger partial charge on any atom is -0.508 e. The number of imidazole rings is 1. The molecule has 1 aromatic carbocycles. The Balaban J connectivity index is 1.58. The molecular formula is C17H22N4O2. The number of benzene rings is 1. The molecule has 6 heteroatoms. The van der Waals surface area contributed by atoms with Crippen LogP contribution in [0.3, 0.4) is 0 Å². The first-order chi connectivity index (χ1) is 11.1. The molecule has 1 aliphatic rings. The van der Waals surface area contributed by atoms with Crippen LogP contribution in [0.5, 0.6) is 5.75 Å². The maximum absolute atomic E-state index is 12.3. The molecule has 23 heavy (non-hydrogen) atoms. The minimum atomic E-state index is -0.0748. The van der Waals surface area contributed by atoms with Gasteiger partial charge < -0.3 is 15.0 Å². The molecule has 122 valence electrons. The first-order valence-electron chi connectivity index (χ1n) is 7.89. The number of hydrogen-bond donors (Lipinski definition) is 2. The SMILES string of the molecule is Cn1cncc1C(=O)N[C@H]1CCCN(Cc2cccc(O)c2)C1. The third-order valence-corrected chi connectivity index (χ3v) is 4.21. The Morgan fingerprint density at radius 1 is 1.48 bits per heavy atom. The number of nitrogens with one attached hydrogen (secondary N) is 1. The number of aromatic hydroxyl groups is 1. The number of amides is 1. The van der Waals surface area contributed by atoms with Gasteiger partial charge >= 0.3 is 0 Å². The van der Waals surface area contributed by atoms with E-state index in [1.54, 1.807) is 29.2 Å². The number of piperidine rings is 1. The second kappa shape index (κ2) is 6.83. The summed E-state index contributed by atoms with van der Waals surface area (Å²) in [5.41, 5.74) is 1.67. The third kappa shape index (κ3) is 3.90. The number of aryl methyl sites for hydroxylation is 1. The standard InChI is InChI=1S/C17H22N4O2/c1-20-12-18-9-16(20)17(23)19-14-5-3-7-21(11-14)10-13-4-2-6-15(22)8-13/h2,4,6,8-9,12,14,22H,3,5,7,10-11H2,1H3,(H,19,23)/t14-/m0/s1. The first-order valence-corrected chi connectivity index (χ1v) is 7.89. The normalized spacial score (nSPS) is 18.7. The van der Waals surface area contributed by atoms with Gasteiger partial charge in [0.25, 0.3) is 5.91 Å². The molecule has 0 bridgehead atoms. The summed E-state index contributed by atoms with van der Waals surface area (Å²) in [7, 11) is 1.82. The Labute approximate surface area is 135 Å². The monoisotopic (exact) mass is 314 g/mol. The van der Waals surface area contributed by atoms with Crippen molar-refractivity contribution < 1.29 is 9.90 Å². The molecule has 0 spiro atoms. The Kier molecular flexibility index (Phi) is 4.62. The zero-order valence-corrected chi connectivity index (χ0v) is 13.3. The lowest BCUT2D eigenvalue weighted by Crippen LogP contribution is -2.47. The van der Waals surface area contributed by atoms with Gasteiger partial charge in [0, 0.05) is 26.2 Å². The molecule has 0 aliphatic carbocycles. The number of phenolic OH excluding ortho intramolecular Hbond substituents is 1. The van der Waals surface area contributed by atoms with Crippen molar-refractivity contribution in [2.45, 2.75) is 25.4 Å². The van der Waals surface area contributed by atoms with Crippen LogP contribution in [0.15, 0.2) is 36.8 Å². The number of aromatic nitrogens is 2. The van der Waals surface area contributed by atoms with Gasteiger partial charge in [0.15, 0.2) is 0 Å². The van der Waals surface area contributed by atoms with E-state index in [4.69, 9.17) is 0 Å². The maximum Gasteiger partial charge on any atom is 0.269 e. The number of phenols is 1. The summed E-state index contributed by atoms with van der Waals surface area (Å²) >= 11 is 0. The number of rotatable bonds is 4. The third-order valence-electron chi connectivity index (χ3n) is 4.21. The smallest absolute Gasteiger partial charge is 0.269 e. The quantitative estimate of drug-likeness (QED) is 0.898. The predicted molar refractivity (Wildman–Crippen MR) is 87.1 cm³/mol. The molecule has 2 heterocycles. The van der Waals surface area contributed by atoms with Gasteiger partial charge in [-0.3, -0.25) is 9.69 Å². The summed E-state index contributed by atoms with van der Waals surface area (Å²) in [4.78, 5) is 18.6. The van der Waals surface area contributed by atoms with Gasteiger partial charge in [-0.15, -0.1) is 0 Å². The molecule has 1 aliphatic heterocycles. The Morgan fingerprint density at radius 3 is 3.09 bits per heavy atom. The summed E-state index contributed by atoms with van der Waals surface area (Å²) in [5, 5.41) is 12.7. The van der Waals surface area contributed by atoms with E-state index in [0.29, 0.717) is 11.4 Å². The fraction of sp³-hybridized carbons (Fsp3) is 0.412. The molecule has 1 amide bonds. The van der Waals surface area contributed by atoms with Crippen LogP contribution in [-0.4, -0.2) is 44.6 Å². The summed E-state index contributed by atoms with van der Waals surface area (Å²) in [6.45, 7) is 2.61. The van der Waals surface area contributed by atoms with E-state index in [1.807, 2.05) is 19.2 Å². The van der Waals surface area contributed by atoms with E-state index in [0.717, 1.165) is 38.0 Å². The highest BCUT2D eigenvalue weighted by molar-refractivity contribution is 5.92. The molecule has 0 saturated carbocycles. The lowest BCUT2D eigenvalue weighted by molar-refractivity contribution is 0.0892. The molecule has 1 aromatic heterocycles. The van der Waals surface area contributed by atoms with Crippen LogP contribution in [0, 0.1) is 0 Å². The fourth-order valence-corrected chi connectivity index (χ4v) is 3.07. The van der Waals surface area contributed by atoms with Gasteiger partial charge in [0.05, 0.1) is 12.5 Å². The molecule has 1 saturated heterocycles. The lowest BCUT2D eigenvalue weighted by atomic mass is 10.0. The van der Waals surface area contributed by atoms with Crippen LogP contribution in [0.1, 0.15) is 28.9 Å². The zero-order chi connectivity index (χ0) is 16.2. The van der Waals surface area contributed by atoms with Crippen molar-refractivity contribution in [1.29, 1.82) is 0 Å². The van der Waals surface area contributed by atoms with Crippen molar-refractivity contribution in [3.63, 3.8) is 0 Å². The summed E-state index contributed by atoms with van der Waals surface area (Å²) in [5.74, 6) is 0.217. The van der Waals surface area contributed by atoms with Crippen LogP contribution in [0.25, 0.3) is 0 Å². The molecule has 0 radical (unpaired) electrons. The molecule has 0 unspecified atom stereocenters. The van der Waals surface area contributed by atoms with Crippen LogP contribution < -0.4 is 5.32 Å². The fourth-order valence-electron chi connectivity index (χ4n) is 3.07. The van der Waals surface area contributed by atoms with E-state index in [2.05, 4.69) is 15.2 Å². The molecule has 2 N–H and O–H groups in total. The summed E-state index contributed by atoms with van der Waals surface area (Å²) in [6.07, 6.45) is 5.25. The van der Waals surface area contributed by atoms with Gasteiger partial charge in [-0.05, 0) is 37.1 Å². The lowest BCUT2D eigenvalue weighted by Gasteiger charge is -2.33. The van der Waals surface area contributed by atoms with Crippen molar-refractivity contribution in [3.05, 3.63) is 48.0 Å². The second-order valence-corrected chi connectivity index (χ2v) is 6.11. The van der Waals surface area contributed by atoms with Crippen molar-refractivity contribution in [1.82, 2.24) is 19.8 Å². The summed E-state index contributed by atoms with van der Waals surface area (Å²) in [6, 6.07) is 7.48. The zero-order valence-electron chi connectivity index (χ0n) is 13.3. The number of carbonyl (C=O) groups is 1. The van der Waals surface area contributed by atoms with Crippen LogP contribution in [-0.2, 0) is 13.6 Å². The van der Waals surface area contributed by atoms with Crippen LogP contribution >= 0.6 is 0 Å². The topological polar surface area (TPSA) is 70.4 Å². The van der Waals surface area contributed by atoms with E-state index < -0.39 is 0 Å². The van der Waals surface area contributed by atoms with E-state index in [9.17, 15) is 9.90 Å². The number of likely N-dealkylation sites (tertiary alicyclic amines) is 1. The van der Waals surface area contributed by atoms with Crippen molar-refractivity contribution in [2.24, 2.45) is 7.05 Å². The maximum atomic E-state index is 12.3. The molecule has 6 nitrogen and oxygen atoms in total. The highest BCUT2D eigenvalue weighted by atomic mass is 16.3. The second-order valence-electron chi connectivity index (χ2n) is 6.11. The van der Waals surface area contributed by atoms with Crippen molar-refractivity contribution >= 4 is 5.91 Å². The number of carbonyl (C=O) groups excluding carboxylic acids is 1. The van der Waals surface area contributed by atoms with Gasteiger partial charge in [-0.1, -0.05) is 12.1 Å². The molecule has 1 fully saturated rings. The van der Waals surface area contributed by atoms with Gasteiger partial charge in [0.2, 0.25) is 0 Å². The number of hydrogen-bond acceptors (Lipinski definition) is 4. The Morgan fingerprint density at radius 2 is 2.35 bits per heavy atom. The molecule has 2 aromatic rings. The van der Waals surface area contributed by atoms with Crippen molar-refractivity contribution in [2.75, 3.05) is 13.1 Å². The Bertz CT molecular complexity index is 683. The Hall–Kier alpha value is -2.34. The van der Waals surface area contributed by atoms with Crippen molar-refractivity contribution in [3.8, 4) is 5.75 Å². The molecule has 3 rings (SSSR count). The molecule has 1 atom stereocenters. The van der Waals surface area contributed by atoms with E-state index in [1.165, 1.54) is 0 Å². The van der Waals surface area contributed by atoms with Gasteiger partial charge in [-0.2, -0.15) is 0 Å². The van der Waals surface area contributed by atoms with Crippen LogP contribution in [0.2, 0.25) is 0 Å². The average Bonchev–Trinajstić information content (AvgIpc) is 2.94. The van der Waals surface area contributed by atoms with Crippen LogP contribution in [0.4, 0.5) is 0 Å². The summed E-state index contributed by atoms with van der Waals surface area (Å²) < 4.78 is 1.72. The van der Waals surface area contributed by atoms with E-state index in [-0.39, 0.29) is 11.9 Å². The first kappa shape index (κ1) is 15.6. The minimum absolute atomic E-state index is 0.0748. The molecular weight excluding hydrogens is 292 g/mol. The largest absolute Gasteiger partial charge is 0.508 e. The number of nitrogens with zero attached hydrogens (tertiary/aromatic N) is 3. The van der Waals surface area contributed by atoms with Gasteiger partial charge in [0.1, 0.15) is 11.4 Å². The van der Waals surface area contributed by atoms with E-state index >= 15 is 0 Å². The highest BCUT2D eigenvalue weighted by Gasteiger charge is 2.22. The average molecular weight is 314 g/mol. The predicted octanol–water partition coefficient (Wildman–Crippen LogP) is 1.52. The van der Waals surface area contributed by atoms with Gasteiger partial charge in [-0.25, -0.2) is 4.98 Å². The highest BCUT2D eigenvalue weighted by Crippen LogP contribution is 2.17.